The predicted octanol–water partition coefficient (Wildman–Crippen LogP) is 0.610. The maximum absolute atomic E-state index is 13.3. The molecule has 0 spiro atoms. The molecule has 1 amide bonds. The standard InChI is InChI=1S/C18H24N6O3S/c1-21(2)28(26,27)23-9-14-6-7-17(11-23)24(10-14)18(25)15-4-3-5-16(8-15)22-12-19-20-13-22/h3-5,8,12-14,17H,6-7,9-11H2,1-2H3. The van der Waals surface area contributed by atoms with E-state index in [0.29, 0.717) is 25.2 Å². The molecule has 0 radical (unpaired) electrons. The maximum atomic E-state index is 13.3. The normalized spacial score (nSPS) is 23.2. The van der Waals surface area contributed by atoms with E-state index in [9.17, 15) is 13.2 Å². The summed E-state index contributed by atoms with van der Waals surface area (Å²) in [5, 5.41) is 7.61. The molecule has 3 aliphatic rings. The maximum Gasteiger partial charge on any atom is 0.281 e. The van der Waals surface area contributed by atoms with Crippen molar-refractivity contribution in [3.05, 3.63) is 42.5 Å². The molecule has 0 saturated carbocycles. The number of carbonyl (C=O) groups is 1. The van der Waals surface area contributed by atoms with Crippen molar-refractivity contribution in [3.63, 3.8) is 0 Å². The number of hydrogen-bond acceptors (Lipinski definition) is 5. The van der Waals surface area contributed by atoms with Gasteiger partial charge in [-0.1, -0.05) is 6.07 Å². The van der Waals surface area contributed by atoms with Gasteiger partial charge in [0, 0.05) is 51.0 Å². The molecule has 1 aromatic heterocycles. The van der Waals surface area contributed by atoms with Crippen molar-refractivity contribution in [2.45, 2.75) is 18.9 Å². The van der Waals surface area contributed by atoms with E-state index in [0.717, 1.165) is 18.5 Å². The smallest absolute Gasteiger partial charge is 0.281 e. The summed E-state index contributed by atoms with van der Waals surface area (Å²) in [5.74, 6) is 0.0900. The monoisotopic (exact) mass is 404 g/mol. The Morgan fingerprint density at radius 1 is 1.11 bits per heavy atom. The summed E-state index contributed by atoms with van der Waals surface area (Å²) in [7, 11) is -0.401. The lowest BCUT2D eigenvalue weighted by Gasteiger charge is -2.36. The summed E-state index contributed by atoms with van der Waals surface area (Å²) >= 11 is 0. The van der Waals surface area contributed by atoms with Gasteiger partial charge in [-0.25, -0.2) is 0 Å². The first-order valence-corrected chi connectivity index (χ1v) is 10.7. The van der Waals surface area contributed by atoms with Gasteiger partial charge in [-0.15, -0.1) is 10.2 Å². The zero-order chi connectivity index (χ0) is 19.9. The average Bonchev–Trinajstić information content (AvgIpc) is 3.07. The van der Waals surface area contributed by atoms with E-state index in [1.165, 1.54) is 8.61 Å². The van der Waals surface area contributed by atoms with Crippen LogP contribution in [0.3, 0.4) is 0 Å². The molecule has 28 heavy (non-hydrogen) atoms. The van der Waals surface area contributed by atoms with Crippen molar-refractivity contribution in [1.82, 2.24) is 28.3 Å². The minimum atomic E-state index is -3.49. The van der Waals surface area contributed by atoms with Crippen LogP contribution in [0.5, 0.6) is 0 Å². The number of rotatable bonds is 4. The van der Waals surface area contributed by atoms with E-state index in [-0.39, 0.29) is 17.9 Å². The predicted molar refractivity (Wildman–Crippen MR) is 103 cm³/mol. The summed E-state index contributed by atoms with van der Waals surface area (Å²) in [6.45, 7) is 1.38. The summed E-state index contributed by atoms with van der Waals surface area (Å²) in [6, 6.07) is 7.23. The highest BCUT2D eigenvalue weighted by Gasteiger charge is 2.41. The summed E-state index contributed by atoms with van der Waals surface area (Å²) in [5.41, 5.74) is 1.40. The van der Waals surface area contributed by atoms with Gasteiger partial charge in [-0.3, -0.25) is 9.36 Å². The Morgan fingerprint density at radius 3 is 2.57 bits per heavy atom. The fraction of sp³-hybridized carbons (Fsp3) is 0.500. The second kappa shape index (κ2) is 7.26. The quantitative estimate of drug-likeness (QED) is 0.745. The van der Waals surface area contributed by atoms with Gasteiger partial charge in [0.1, 0.15) is 12.7 Å². The SMILES string of the molecule is CN(C)S(=O)(=O)N1CC2CCC(C1)N(C(=O)c1cccc(-n3cnnc3)c1)C2. The Labute approximate surface area is 164 Å². The molecule has 4 heterocycles. The van der Waals surface area contributed by atoms with Crippen molar-refractivity contribution in [1.29, 1.82) is 0 Å². The van der Waals surface area contributed by atoms with Gasteiger partial charge >= 0.3 is 0 Å². The van der Waals surface area contributed by atoms with Gasteiger partial charge in [-0.2, -0.15) is 17.0 Å². The van der Waals surface area contributed by atoms with Crippen molar-refractivity contribution < 1.29 is 13.2 Å². The second-order valence-corrected chi connectivity index (χ2v) is 9.72. The van der Waals surface area contributed by atoms with E-state index in [4.69, 9.17) is 0 Å². The first-order valence-electron chi connectivity index (χ1n) is 9.30. The van der Waals surface area contributed by atoms with E-state index >= 15 is 0 Å². The van der Waals surface area contributed by atoms with Gasteiger partial charge < -0.3 is 4.90 Å². The highest BCUT2D eigenvalue weighted by Crippen LogP contribution is 2.31. The zero-order valence-electron chi connectivity index (χ0n) is 16.0. The Balaban J connectivity index is 1.59. The zero-order valence-corrected chi connectivity index (χ0v) is 16.8. The molecule has 150 valence electrons. The third-order valence-corrected chi connectivity index (χ3v) is 7.41. The first kappa shape index (κ1) is 19.0. The minimum absolute atomic E-state index is 0.0614. The molecule has 9 nitrogen and oxygen atoms in total. The Hall–Kier alpha value is -2.30. The van der Waals surface area contributed by atoms with Gasteiger partial charge in [0.25, 0.3) is 16.1 Å². The number of fused-ring (bicyclic) bond motifs is 4. The third kappa shape index (κ3) is 3.43. The number of amides is 1. The highest BCUT2D eigenvalue weighted by atomic mass is 32.2. The number of benzene rings is 1. The minimum Gasteiger partial charge on any atom is -0.334 e. The van der Waals surface area contributed by atoms with E-state index in [1.54, 1.807) is 37.4 Å². The summed E-state index contributed by atoms with van der Waals surface area (Å²) < 4.78 is 29.7. The van der Waals surface area contributed by atoms with Crippen molar-refractivity contribution in [2.75, 3.05) is 33.7 Å². The molecule has 0 N–H and O–H groups in total. The van der Waals surface area contributed by atoms with Crippen LogP contribution in [0.4, 0.5) is 0 Å². The number of nitrogens with zero attached hydrogens (tertiary/aromatic N) is 6. The molecule has 1 aromatic carbocycles. The van der Waals surface area contributed by atoms with Crippen LogP contribution in [-0.2, 0) is 10.2 Å². The van der Waals surface area contributed by atoms with Crippen molar-refractivity contribution in [3.8, 4) is 5.69 Å². The van der Waals surface area contributed by atoms with Gasteiger partial charge in [0.15, 0.2) is 0 Å². The van der Waals surface area contributed by atoms with E-state index in [1.807, 2.05) is 23.1 Å². The van der Waals surface area contributed by atoms with Crippen molar-refractivity contribution in [2.24, 2.45) is 5.92 Å². The van der Waals surface area contributed by atoms with Crippen molar-refractivity contribution >= 4 is 16.1 Å². The molecule has 2 atom stereocenters. The van der Waals surface area contributed by atoms with Gasteiger partial charge in [0.05, 0.1) is 0 Å². The topological polar surface area (TPSA) is 91.6 Å². The van der Waals surface area contributed by atoms with Crippen LogP contribution in [0, 0.1) is 5.92 Å². The molecular weight excluding hydrogens is 380 g/mol. The number of hydrogen-bond donors (Lipinski definition) is 0. The molecule has 3 saturated heterocycles. The van der Waals surface area contributed by atoms with E-state index in [2.05, 4.69) is 10.2 Å². The molecule has 2 aromatic rings. The van der Waals surface area contributed by atoms with Gasteiger partial charge in [0.2, 0.25) is 0 Å². The molecule has 2 unspecified atom stereocenters. The fourth-order valence-corrected chi connectivity index (χ4v) is 5.23. The van der Waals surface area contributed by atoms with Crippen LogP contribution in [0.15, 0.2) is 36.9 Å². The second-order valence-electron chi connectivity index (χ2n) is 7.58. The first-order chi connectivity index (χ1) is 13.4. The number of piperidine rings is 1. The Kier molecular flexibility index (Phi) is 4.94. The van der Waals surface area contributed by atoms with E-state index < -0.39 is 10.2 Å². The lowest BCUT2D eigenvalue weighted by atomic mass is 9.94. The van der Waals surface area contributed by atoms with Crippen LogP contribution >= 0.6 is 0 Å². The molecule has 10 heteroatoms. The Morgan fingerprint density at radius 2 is 1.86 bits per heavy atom. The number of carbonyl (C=O) groups excluding carboxylic acids is 1. The molecule has 2 bridgehead atoms. The molecular formula is C18H24N6O3S. The lowest BCUT2D eigenvalue weighted by molar-refractivity contribution is 0.0588. The highest BCUT2D eigenvalue weighted by molar-refractivity contribution is 7.86. The molecule has 3 fully saturated rings. The molecule has 5 rings (SSSR count). The fourth-order valence-electron chi connectivity index (χ4n) is 4.01. The largest absolute Gasteiger partial charge is 0.334 e. The Bertz CT molecular complexity index is 959. The summed E-state index contributed by atoms with van der Waals surface area (Å²) in [6.07, 6.45) is 4.93. The number of aromatic nitrogens is 3. The van der Waals surface area contributed by atoms with Crippen LogP contribution in [0.2, 0.25) is 0 Å². The molecule has 3 aliphatic heterocycles. The van der Waals surface area contributed by atoms with Crippen LogP contribution in [0.1, 0.15) is 23.2 Å². The van der Waals surface area contributed by atoms with Crippen LogP contribution < -0.4 is 0 Å². The molecule has 0 aliphatic carbocycles. The third-order valence-electron chi connectivity index (χ3n) is 5.54. The lowest BCUT2D eigenvalue weighted by Crippen LogP contribution is -2.48. The summed E-state index contributed by atoms with van der Waals surface area (Å²) in [4.78, 5) is 15.1. The van der Waals surface area contributed by atoms with Crippen LogP contribution in [0.25, 0.3) is 5.69 Å². The van der Waals surface area contributed by atoms with Crippen LogP contribution in [-0.4, -0.2) is 82.4 Å². The van der Waals surface area contributed by atoms with Gasteiger partial charge in [-0.05, 0) is 37.0 Å². The average molecular weight is 404 g/mol.